The van der Waals surface area contributed by atoms with E-state index < -0.39 is 22.3 Å². The second-order valence-corrected chi connectivity index (χ2v) is 4.65. The molecule has 0 bridgehead atoms. The van der Waals surface area contributed by atoms with Gasteiger partial charge in [0.25, 0.3) is 0 Å². The molecule has 1 rings (SSSR count). The fraction of sp³-hybridized carbons (Fsp3) is 0.600. The van der Waals surface area contributed by atoms with Crippen molar-refractivity contribution in [1.29, 1.82) is 0 Å². The molecule has 0 atom stereocenters. The van der Waals surface area contributed by atoms with Crippen molar-refractivity contribution in [2.45, 2.75) is 32.9 Å². The molecule has 8 heteroatoms. The molecule has 1 aromatic heterocycles. The third kappa shape index (κ3) is 3.81. The van der Waals surface area contributed by atoms with E-state index >= 15 is 0 Å². The summed E-state index contributed by atoms with van der Waals surface area (Å²) in [5.74, 6) is -1.42. The zero-order valence-electron chi connectivity index (χ0n) is 10.4. The van der Waals surface area contributed by atoms with Crippen LogP contribution in [0.1, 0.15) is 31.3 Å². The van der Waals surface area contributed by atoms with E-state index in [-0.39, 0.29) is 12.1 Å². The van der Waals surface area contributed by atoms with Crippen LogP contribution in [-0.2, 0) is 11.3 Å². The van der Waals surface area contributed by atoms with Gasteiger partial charge in [-0.1, -0.05) is 0 Å². The smallest absolute Gasteiger partial charge is 0.363 e. The first-order chi connectivity index (χ1) is 8.20. The topological polar surface area (TPSA) is 107 Å². The highest BCUT2D eigenvalue weighted by atomic mass is 16.6. The summed E-state index contributed by atoms with van der Waals surface area (Å²) >= 11 is 0. The molecule has 0 aromatic carbocycles. The number of hydrogen-bond acceptors (Lipinski definition) is 5. The van der Waals surface area contributed by atoms with Crippen molar-refractivity contribution in [2.24, 2.45) is 0 Å². The first-order valence-electron chi connectivity index (χ1n) is 5.30. The minimum Gasteiger partial charge on any atom is -0.476 e. The van der Waals surface area contributed by atoms with E-state index in [2.05, 4.69) is 5.10 Å². The SMILES string of the molecule is CC(C)(C)OCCn1cc([N+](=O)[O-])c(C(=O)O)n1. The zero-order chi connectivity index (χ0) is 13.9. The third-order valence-electron chi connectivity index (χ3n) is 2.00. The summed E-state index contributed by atoms with van der Waals surface area (Å²) < 4.78 is 6.63. The van der Waals surface area contributed by atoms with Crippen LogP contribution in [0.2, 0.25) is 0 Å². The number of aromatic nitrogens is 2. The molecule has 1 N–H and O–H groups in total. The lowest BCUT2D eigenvalue weighted by atomic mass is 10.2. The molecule has 8 nitrogen and oxygen atoms in total. The van der Waals surface area contributed by atoms with Crippen molar-refractivity contribution < 1.29 is 19.6 Å². The van der Waals surface area contributed by atoms with E-state index in [1.54, 1.807) is 0 Å². The van der Waals surface area contributed by atoms with Gasteiger partial charge in [-0.15, -0.1) is 0 Å². The summed E-state index contributed by atoms with van der Waals surface area (Å²) in [6, 6.07) is 0. The maximum Gasteiger partial charge on any atom is 0.363 e. The predicted molar refractivity (Wildman–Crippen MR) is 61.5 cm³/mol. The predicted octanol–water partition coefficient (Wildman–Crippen LogP) is 1.30. The highest BCUT2D eigenvalue weighted by Crippen LogP contribution is 2.16. The van der Waals surface area contributed by atoms with Gasteiger partial charge in [-0.25, -0.2) is 4.79 Å². The maximum atomic E-state index is 10.8. The fourth-order valence-electron chi connectivity index (χ4n) is 1.26. The largest absolute Gasteiger partial charge is 0.476 e. The second kappa shape index (κ2) is 5.13. The minimum atomic E-state index is -1.42. The fourth-order valence-corrected chi connectivity index (χ4v) is 1.26. The third-order valence-corrected chi connectivity index (χ3v) is 2.00. The van der Waals surface area contributed by atoms with Gasteiger partial charge >= 0.3 is 11.7 Å². The molecule has 1 aromatic rings. The van der Waals surface area contributed by atoms with Crippen molar-refractivity contribution in [3.05, 3.63) is 22.0 Å². The van der Waals surface area contributed by atoms with E-state index in [9.17, 15) is 14.9 Å². The summed E-state index contributed by atoms with van der Waals surface area (Å²) in [6.07, 6.45) is 1.09. The molecule has 0 saturated carbocycles. The summed E-state index contributed by atoms with van der Waals surface area (Å²) in [4.78, 5) is 20.6. The summed E-state index contributed by atoms with van der Waals surface area (Å²) in [5, 5.41) is 23.0. The van der Waals surface area contributed by atoms with Crippen molar-refractivity contribution >= 4 is 11.7 Å². The van der Waals surface area contributed by atoms with Crippen molar-refractivity contribution in [2.75, 3.05) is 6.61 Å². The van der Waals surface area contributed by atoms with Crippen molar-refractivity contribution in [3.8, 4) is 0 Å². The van der Waals surface area contributed by atoms with Crippen LogP contribution in [0.4, 0.5) is 5.69 Å². The lowest BCUT2D eigenvalue weighted by molar-refractivity contribution is -0.385. The first-order valence-corrected chi connectivity index (χ1v) is 5.30. The van der Waals surface area contributed by atoms with Crippen molar-refractivity contribution in [3.63, 3.8) is 0 Å². The molecule has 0 saturated heterocycles. The van der Waals surface area contributed by atoms with Gasteiger partial charge in [0.2, 0.25) is 5.69 Å². The molecule has 0 aliphatic heterocycles. The molecule has 18 heavy (non-hydrogen) atoms. The van der Waals surface area contributed by atoms with E-state index in [1.165, 1.54) is 4.68 Å². The minimum absolute atomic E-state index is 0.255. The normalized spacial score (nSPS) is 11.5. The number of ether oxygens (including phenoxy) is 1. The van der Waals surface area contributed by atoms with E-state index in [0.717, 1.165) is 6.20 Å². The Balaban J connectivity index is 2.76. The Bertz CT molecular complexity index is 429. The second-order valence-electron chi connectivity index (χ2n) is 4.65. The molecule has 0 spiro atoms. The van der Waals surface area contributed by atoms with Gasteiger partial charge < -0.3 is 9.84 Å². The van der Waals surface area contributed by atoms with Gasteiger partial charge in [-0.2, -0.15) is 5.10 Å². The number of rotatable bonds is 5. The Morgan fingerprint density at radius 2 is 2.22 bits per heavy atom. The number of aromatic carboxylic acids is 1. The molecule has 0 fully saturated rings. The molecule has 0 radical (unpaired) electrons. The molecule has 0 unspecified atom stereocenters. The van der Waals surface area contributed by atoms with Gasteiger partial charge in [-0.3, -0.25) is 14.8 Å². The van der Waals surface area contributed by atoms with Gasteiger partial charge in [0.15, 0.2) is 0 Å². The Morgan fingerprint density at radius 1 is 1.61 bits per heavy atom. The average molecular weight is 257 g/mol. The quantitative estimate of drug-likeness (QED) is 0.629. The van der Waals surface area contributed by atoms with Crippen LogP contribution < -0.4 is 0 Å². The average Bonchev–Trinajstić information content (AvgIpc) is 2.60. The lowest BCUT2D eigenvalue weighted by Crippen LogP contribution is -2.22. The van der Waals surface area contributed by atoms with Crippen LogP contribution in [0.25, 0.3) is 0 Å². The Hall–Kier alpha value is -1.96. The van der Waals surface area contributed by atoms with Gasteiger partial charge in [0.05, 0.1) is 23.7 Å². The Kier molecular flexibility index (Phi) is 4.02. The number of hydrogen-bond donors (Lipinski definition) is 1. The van der Waals surface area contributed by atoms with Crippen LogP contribution in [0.15, 0.2) is 6.20 Å². The first kappa shape index (κ1) is 14.1. The number of nitro groups is 1. The van der Waals surface area contributed by atoms with E-state index in [1.807, 2.05) is 20.8 Å². The summed E-state index contributed by atoms with van der Waals surface area (Å²) in [5.41, 5.74) is -1.40. The zero-order valence-corrected chi connectivity index (χ0v) is 10.4. The van der Waals surface area contributed by atoms with Crippen LogP contribution >= 0.6 is 0 Å². The molecule has 0 aliphatic carbocycles. The van der Waals surface area contributed by atoms with Crippen molar-refractivity contribution in [1.82, 2.24) is 9.78 Å². The van der Waals surface area contributed by atoms with Crippen LogP contribution in [0.3, 0.4) is 0 Å². The number of carboxylic acid groups (broad SMARTS) is 1. The Labute approximate surface area is 103 Å². The summed E-state index contributed by atoms with van der Waals surface area (Å²) in [7, 11) is 0. The highest BCUT2D eigenvalue weighted by Gasteiger charge is 2.25. The lowest BCUT2D eigenvalue weighted by Gasteiger charge is -2.19. The van der Waals surface area contributed by atoms with Gasteiger partial charge in [0.1, 0.15) is 6.20 Å². The maximum absolute atomic E-state index is 10.8. The number of nitrogens with zero attached hydrogens (tertiary/aromatic N) is 3. The molecular formula is C10H15N3O5. The molecule has 1 heterocycles. The standard InChI is InChI=1S/C10H15N3O5/c1-10(2,3)18-5-4-12-6-7(13(16)17)8(11-12)9(14)15/h6H,4-5H2,1-3H3,(H,14,15). The molecule has 100 valence electrons. The monoisotopic (exact) mass is 257 g/mol. The molecule has 0 aliphatic rings. The summed E-state index contributed by atoms with van der Waals surface area (Å²) in [6.45, 7) is 6.18. The van der Waals surface area contributed by atoms with Crippen LogP contribution in [0.5, 0.6) is 0 Å². The van der Waals surface area contributed by atoms with Gasteiger partial charge in [0, 0.05) is 0 Å². The van der Waals surface area contributed by atoms with Crippen LogP contribution in [0, 0.1) is 10.1 Å². The van der Waals surface area contributed by atoms with E-state index in [4.69, 9.17) is 9.84 Å². The van der Waals surface area contributed by atoms with E-state index in [0.29, 0.717) is 6.61 Å². The molecular weight excluding hydrogens is 242 g/mol. The van der Waals surface area contributed by atoms with Crippen LogP contribution in [-0.4, -0.2) is 38.0 Å². The molecule has 0 amide bonds. The highest BCUT2D eigenvalue weighted by molar-refractivity contribution is 5.89. The van der Waals surface area contributed by atoms with Gasteiger partial charge in [-0.05, 0) is 20.8 Å². The number of carboxylic acids is 1. The number of carbonyl (C=O) groups is 1. The Morgan fingerprint density at radius 3 is 2.61 bits per heavy atom.